The third kappa shape index (κ3) is 2.09. The molecule has 0 spiro atoms. The number of benzene rings is 1. The van der Waals surface area contributed by atoms with Crippen molar-refractivity contribution in [2.45, 2.75) is 25.8 Å². The van der Waals surface area contributed by atoms with Gasteiger partial charge in [0.05, 0.1) is 24.0 Å². The van der Waals surface area contributed by atoms with E-state index in [1.54, 1.807) is 0 Å². The van der Waals surface area contributed by atoms with Gasteiger partial charge >= 0.3 is 0 Å². The summed E-state index contributed by atoms with van der Waals surface area (Å²) in [5, 5.41) is 7.97. The van der Waals surface area contributed by atoms with Crippen LogP contribution < -0.4 is 15.8 Å². The Morgan fingerprint density at radius 3 is 3.00 bits per heavy atom. The fourth-order valence-electron chi connectivity index (χ4n) is 2.69. The lowest BCUT2D eigenvalue weighted by Gasteiger charge is -2.27. The number of nitrogens with zero attached hydrogens (tertiary/aromatic N) is 2. The lowest BCUT2D eigenvalue weighted by atomic mass is 10.0. The highest BCUT2D eigenvalue weighted by Gasteiger charge is 2.23. The average Bonchev–Trinajstić information content (AvgIpc) is 2.75. The average molecular weight is 272 g/mol. The van der Waals surface area contributed by atoms with Crippen molar-refractivity contribution in [2.24, 2.45) is 7.05 Å². The van der Waals surface area contributed by atoms with Gasteiger partial charge < -0.3 is 15.8 Å². The first-order chi connectivity index (χ1) is 9.70. The van der Waals surface area contributed by atoms with Gasteiger partial charge in [0, 0.05) is 19.0 Å². The van der Waals surface area contributed by atoms with Crippen molar-refractivity contribution in [1.82, 2.24) is 9.78 Å². The van der Waals surface area contributed by atoms with E-state index in [2.05, 4.69) is 23.4 Å². The fraction of sp³-hybridized carbons (Fsp3) is 0.400. The lowest BCUT2D eigenvalue weighted by Crippen LogP contribution is -2.21. The van der Waals surface area contributed by atoms with Crippen LogP contribution in [0.1, 0.15) is 30.6 Å². The highest BCUT2D eigenvalue weighted by atomic mass is 16.5. The molecule has 2 heterocycles. The number of aromatic nitrogens is 2. The number of ether oxygens (including phenoxy) is 1. The summed E-state index contributed by atoms with van der Waals surface area (Å²) in [6.07, 6.45) is 1.76. The molecule has 0 fully saturated rings. The van der Waals surface area contributed by atoms with E-state index in [4.69, 9.17) is 10.5 Å². The lowest BCUT2D eigenvalue weighted by molar-refractivity contribution is 0.274. The van der Waals surface area contributed by atoms with Crippen LogP contribution in [0.5, 0.6) is 5.75 Å². The van der Waals surface area contributed by atoms with E-state index in [9.17, 15) is 0 Å². The molecule has 0 bridgehead atoms. The second kappa shape index (κ2) is 5.07. The number of rotatable bonds is 3. The number of nitrogens with one attached hydrogen (secondary N) is 1. The summed E-state index contributed by atoms with van der Waals surface area (Å²) in [6, 6.07) is 8.34. The van der Waals surface area contributed by atoms with Crippen molar-refractivity contribution >= 4 is 11.5 Å². The standard InChI is InChI=1S/C15H20N4O/c1-3-11-14(16)15(19(2)18-11)17-12-8-9-20-13-7-5-4-6-10(12)13/h4-7,12,17H,3,8-9,16H2,1-2H3. The zero-order chi connectivity index (χ0) is 14.1. The van der Waals surface area contributed by atoms with Gasteiger partial charge in [-0.25, -0.2) is 0 Å². The maximum absolute atomic E-state index is 6.17. The third-order valence-corrected chi connectivity index (χ3v) is 3.76. The number of anilines is 2. The molecule has 106 valence electrons. The SMILES string of the molecule is CCc1nn(C)c(NC2CCOc3ccccc32)c1N. The van der Waals surface area contributed by atoms with Gasteiger partial charge in [-0.2, -0.15) is 5.10 Å². The van der Waals surface area contributed by atoms with Gasteiger partial charge in [0.2, 0.25) is 0 Å². The maximum atomic E-state index is 6.17. The Kier molecular flexibility index (Phi) is 3.26. The maximum Gasteiger partial charge on any atom is 0.148 e. The Labute approximate surface area is 118 Å². The van der Waals surface area contributed by atoms with Crippen LogP contribution in [0, 0.1) is 0 Å². The van der Waals surface area contributed by atoms with Gasteiger partial charge in [0.1, 0.15) is 11.6 Å². The largest absolute Gasteiger partial charge is 0.493 e. The van der Waals surface area contributed by atoms with E-state index in [-0.39, 0.29) is 6.04 Å². The van der Waals surface area contributed by atoms with E-state index >= 15 is 0 Å². The first kappa shape index (κ1) is 12.8. The molecule has 3 rings (SSSR count). The van der Waals surface area contributed by atoms with Crippen LogP contribution in [0.15, 0.2) is 24.3 Å². The summed E-state index contributed by atoms with van der Waals surface area (Å²) in [7, 11) is 1.92. The van der Waals surface area contributed by atoms with Crippen molar-refractivity contribution < 1.29 is 4.74 Å². The molecule has 0 amide bonds. The zero-order valence-electron chi connectivity index (χ0n) is 11.9. The van der Waals surface area contributed by atoms with E-state index in [0.29, 0.717) is 6.61 Å². The van der Waals surface area contributed by atoms with Gasteiger partial charge in [-0.15, -0.1) is 0 Å². The Bertz CT molecular complexity index is 620. The molecule has 2 aromatic rings. The van der Waals surface area contributed by atoms with Crippen LogP contribution in [0.4, 0.5) is 11.5 Å². The molecule has 0 saturated carbocycles. The predicted molar refractivity (Wildman–Crippen MR) is 79.9 cm³/mol. The minimum absolute atomic E-state index is 0.211. The van der Waals surface area contributed by atoms with Crippen LogP contribution in [0.2, 0.25) is 0 Å². The highest BCUT2D eigenvalue weighted by molar-refractivity contribution is 5.66. The van der Waals surface area contributed by atoms with Crippen molar-refractivity contribution in [2.75, 3.05) is 17.7 Å². The van der Waals surface area contributed by atoms with Crippen LogP contribution in [-0.2, 0) is 13.5 Å². The molecule has 1 aromatic carbocycles. The fourth-order valence-corrected chi connectivity index (χ4v) is 2.69. The predicted octanol–water partition coefficient (Wildman–Crippen LogP) is 2.50. The molecule has 3 N–H and O–H groups in total. The molecule has 20 heavy (non-hydrogen) atoms. The number of fused-ring (bicyclic) bond motifs is 1. The van der Waals surface area contributed by atoms with Gasteiger partial charge in [0.15, 0.2) is 0 Å². The monoisotopic (exact) mass is 272 g/mol. The molecular weight excluding hydrogens is 252 g/mol. The molecule has 0 aliphatic carbocycles. The second-order valence-electron chi connectivity index (χ2n) is 5.06. The van der Waals surface area contributed by atoms with Crippen LogP contribution >= 0.6 is 0 Å². The first-order valence-corrected chi connectivity index (χ1v) is 7.00. The van der Waals surface area contributed by atoms with E-state index < -0.39 is 0 Å². The van der Waals surface area contributed by atoms with Gasteiger partial charge in [-0.1, -0.05) is 25.1 Å². The second-order valence-corrected chi connectivity index (χ2v) is 5.06. The topological polar surface area (TPSA) is 65.1 Å². The molecule has 1 unspecified atom stereocenters. The Hall–Kier alpha value is -2.17. The number of para-hydroxylation sites is 1. The summed E-state index contributed by atoms with van der Waals surface area (Å²) >= 11 is 0. The minimum Gasteiger partial charge on any atom is -0.493 e. The van der Waals surface area contributed by atoms with Crippen LogP contribution in [0.3, 0.4) is 0 Å². The Morgan fingerprint density at radius 2 is 2.25 bits per heavy atom. The van der Waals surface area contributed by atoms with E-state index in [0.717, 1.165) is 35.8 Å². The Balaban J connectivity index is 1.91. The summed E-state index contributed by atoms with van der Waals surface area (Å²) in [5.41, 5.74) is 9.04. The van der Waals surface area contributed by atoms with Crippen molar-refractivity contribution in [3.8, 4) is 5.75 Å². The van der Waals surface area contributed by atoms with Gasteiger partial charge in [0.25, 0.3) is 0 Å². The summed E-state index contributed by atoms with van der Waals surface area (Å²) < 4.78 is 7.51. The molecule has 1 aliphatic rings. The molecular formula is C15H20N4O. The normalized spacial score (nSPS) is 17.4. The summed E-state index contributed by atoms with van der Waals surface area (Å²) in [6.45, 7) is 2.78. The van der Waals surface area contributed by atoms with Crippen LogP contribution in [-0.4, -0.2) is 16.4 Å². The number of aryl methyl sites for hydroxylation is 2. The van der Waals surface area contributed by atoms with E-state index in [1.165, 1.54) is 5.56 Å². The number of nitrogens with two attached hydrogens (primary N) is 1. The summed E-state index contributed by atoms with van der Waals surface area (Å²) in [4.78, 5) is 0. The summed E-state index contributed by atoms with van der Waals surface area (Å²) in [5.74, 6) is 1.84. The highest BCUT2D eigenvalue weighted by Crippen LogP contribution is 2.35. The van der Waals surface area contributed by atoms with Crippen molar-refractivity contribution in [1.29, 1.82) is 0 Å². The number of hydrogen-bond donors (Lipinski definition) is 2. The van der Waals surface area contributed by atoms with Crippen LogP contribution in [0.25, 0.3) is 0 Å². The molecule has 0 saturated heterocycles. The smallest absolute Gasteiger partial charge is 0.148 e. The quantitative estimate of drug-likeness (QED) is 0.901. The molecule has 1 aromatic heterocycles. The molecule has 0 radical (unpaired) electrons. The third-order valence-electron chi connectivity index (χ3n) is 3.76. The number of hydrogen-bond acceptors (Lipinski definition) is 4. The zero-order valence-corrected chi connectivity index (χ0v) is 11.9. The molecule has 5 nitrogen and oxygen atoms in total. The van der Waals surface area contributed by atoms with Crippen molar-refractivity contribution in [3.63, 3.8) is 0 Å². The molecule has 1 atom stereocenters. The van der Waals surface area contributed by atoms with Gasteiger partial charge in [-0.3, -0.25) is 4.68 Å². The molecule has 1 aliphatic heterocycles. The van der Waals surface area contributed by atoms with Crippen molar-refractivity contribution in [3.05, 3.63) is 35.5 Å². The Morgan fingerprint density at radius 1 is 1.45 bits per heavy atom. The minimum atomic E-state index is 0.211. The van der Waals surface area contributed by atoms with Gasteiger partial charge in [-0.05, 0) is 12.5 Å². The first-order valence-electron chi connectivity index (χ1n) is 7.00. The van der Waals surface area contributed by atoms with E-state index in [1.807, 2.05) is 29.9 Å². The molecule has 5 heteroatoms. The number of nitrogen functional groups attached to an aromatic ring is 1.